The van der Waals surface area contributed by atoms with Gasteiger partial charge in [-0.3, -0.25) is 4.79 Å². The number of amides is 2. The molecule has 0 atom stereocenters. The lowest BCUT2D eigenvalue weighted by Gasteiger charge is -2.25. The summed E-state index contributed by atoms with van der Waals surface area (Å²) in [4.78, 5) is 23.6. The molecule has 17 heavy (non-hydrogen) atoms. The third kappa shape index (κ3) is 7.60. The van der Waals surface area contributed by atoms with Crippen LogP contribution in [0.15, 0.2) is 0 Å². The zero-order valence-corrected chi connectivity index (χ0v) is 11.2. The van der Waals surface area contributed by atoms with Gasteiger partial charge in [0.05, 0.1) is 0 Å². The van der Waals surface area contributed by atoms with Crippen LogP contribution in [-0.2, 0) is 4.79 Å². The Hall–Kier alpha value is -1.26. The second kappa shape index (κ2) is 7.92. The zero-order chi connectivity index (χ0) is 13.4. The minimum Gasteiger partial charge on any atom is -0.480 e. The van der Waals surface area contributed by atoms with E-state index in [-0.39, 0.29) is 18.6 Å². The van der Waals surface area contributed by atoms with Gasteiger partial charge in [-0.15, -0.1) is 0 Å². The maximum Gasteiger partial charge on any atom is 0.323 e. The van der Waals surface area contributed by atoms with Gasteiger partial charge in [-0.2, -0.15) is 0 Å². The van der Waals surface area contributed by atoms with Crippen molar-refractivity contribution in [3.8, 4) is 0 Å². The summed E-state index contributed by atoms with van der Waals surface area (Å²) < 4.78 is 0. The number of hydrogen-bond acceptors (Lipinski definition) is 2. The number of carbonyl (C=O) groups is 2. The predicted molar refractivity (Wildman–Crippen MR) is 66.9 cm³/mol. The third-order valence-corrected chi connectivity index (χ3v) is 2.42. The largest absolute Gasteiger partial charge is 0.480 e. The Bertz CT molecular complexity index is 252. The van der Waals surface area contributed by atoms with E-state index in [1.807, 2.05) is 0 Å². The molecule has 0 bridgehead atoms. The number of carboxylic acid groups (broad SMARTS) is 1. The first-order valence-corrected chi connectivity index (χ1v) is 6.10. The van der Waals surface area contributed by atoms with Gasteiger partial charge in [0.2, 0.25) is 0 Å². The van der Waals surface area contributed by atoms with Crippen LogP contribution in [0.4, 0.5) is 4.79 Å². The van der Waals surface area contributed by atoms with Gasteiger partial charge in [0, 0.05) is 12.6 Å². The molecule has 0 unspecified atom stereocenters. The number of aliphatic carboxylic acids is 1. The molecule has 0 aliphatic rings. The first kappa shape index (κ1) is 15.7. The first-order valence-electron chi connectivity index (χ1n) is 6.10. The number of rotatable bonds is 7. The second-order valence-electron chi connectivity index (χ2n) is 4.88. The lowest BCUT2D eigenvalue weighted by molar-refractivity contribution is -0.138. The molecule has 5 heteroatoms. The van der Waals surface area contributed by atoms with Gasteiger partial charge in [0.1, 0.15) is 6.54 Å². The van der Waals surface area contributed by atoms with Crippen molar-refractivity contribution < 1.29 is 14.7 Å². The molecule has 0 spiro atoms. The molecule has 0 radical (unpaired) electrons. The molecule has 0 aliphatic heterocycles. The zero-order valence-electron chi connectivity index (χ0n) is 11.2. The summed E-state index contributed by atoms with van der Waals surface area (Å²) in [5.74, 6) is -0.372. The van der Waals surface area contributed by atoms with Gasteiger partial charge in [0.25, 0.3) is 0 Å². The highest BCUT2D eigenvalue weighted by atomic mass is 16.4. The quantitative estimate of drug-likeness (QED) is 0.672. The summed E-state index contributed by atoms with van der Waals surface area (Å²) in [6.45, 7) is 8.21. The Labute approximate surface area is 103 Å². The van der Waals surface area contributed by atoms with Crippen LogP contribution in [0.1, 0.15) is 40.5 Å². The van der Waals surface area contributed by atoms with Crippen molar-refractivity contribution in [3.05, 3.63) is 0 Å². The van der Waals surface area contributed by atoms with Crippen LogP contribution in [-0.4, -0.2) is 41.1 Å². The molecule has 0 aliphatic carbocycles. The Morgan fingerprint density at radius 3 is 2.24 bits per heavy atom. The number of carboxylic acids is 1. The molecular weight excluding hydrogens is 220 g/mol. The van der Waals surface area contributed by atoms with E-state index in [9.17, 15) is 9.59 Å². The van der Waals surface area contributed by atoms with Crippen molar-refractivity contribution in [1.82, 2.24) is 10.2 Å². The minimum absolute atomic E-state index is 0.115. The van der Waals surface area contributed by atoms with E-state index in [0.29, 0.717) is 12.5 Å². The smallest absolute Gasteiger partial charge is 0.323 e. The van der Waals surface area contributed by atoms with Gasteiger partial charge in [-0.1, -0.05) is 13.8 Å². The Balaban J connectivity index is 4.02. The Morgan fingerprint density at radius 2 is 1.82 bits per heavy atom. The lowest BCUT2D eigenvalue weighted by atomic mass is 10.1. The van der Waals surface area contributed by atoms with E-state index in [1.54, 1.807) is 13.8 Å². The molecule has 0 heterocycles. The van der Waals surface area contributed by atoms with Gasteiger partial charge in [-0.25, -0.2) is 4.79 Å². The Kier molecular flexibility index (Phi) is 7.34. The van der Waals surface area contributed by atoms with Crippen LogP contribution in [0.5, 0.6) is 0 Å². The van der Waals surface area contributed by atoms with Crippen LogP contribution in [0, 0.1) is 5.92 Å². The molecule has 0 fully saturated rings. The second-order valence-corrected chi connectivity index (χ2v) is 4.88. The highest BCUT2D eigenvalue weighted by Crippen LogP contribution is 2.03. The van der Waals surface area contributed by atoms with Crippen LogP contribution < -0.4 is 5.32 Å². The van der Waals surface area contributed by atoms with Crippen LogP contribution in [0.25, 0.3) is 0 Å². The SMILES string of the molecule is CC(C)CCCNC(=O)N(CC(=O)O)C(C)C. The highest BCUT2D eigenvalue weighted by molar-refractivity contribution is 5.80. The average Bonchev–Trinajstić information content (AvgIpc) is 2.19. The fourth-order valence-electron chi connectivity index (χ4n) is 1.44. The molecule has 100 valence electrons. The number of urea groups is 1. The van der Waals surface area contributed by atoms with E-state index in [2.05, 4.69) is 19.2 Å². The molecule has 2 amide bonds. The summed E-state index contributed by atoms with van der Waals surface area (Å²) >= 11 is 0. The van der Waals surface area contributed by atoms with Crippen LogP contribution >= 0.6 is 0 Å². The fourth-order valence-corrected chi connectivity index (χ4v) is 1.44. The molecule has 0 rings (SSSR count). The lowest BCUT2D eigenvalue weighted by Crippen LogP contribution is -2.46. The number of hydrogen-bond donors (Lipinski definition) is 2. The number of nitrogens with one attached hydrogen (secondary N) is 1. The highest BCUT2D eigenvalue weighted by Gasteiger charge is 2.18. The van der Waals surface area contributed by atoms with E-state index < -0.39 is 5.97 Å². The number of carbonyl (C=O) groups excluding carboxylic acids is 1. The van der Waals surface area contributed by atoms with Gasteiger partial charge in [-0.05, 0) is 32.6 Å². The molecule has 0 aromatic heterocycles. The summed E-state index contributed by atoms with van der Waals surface area (Å²) in [5, 5.41) is 11.5. The van der Waals surface area contributed by atoms with E-state index >= 15 is 0 Å². The standard InChI is InChI=1S/C12H24N2O3/c1-9(2)6-5-7-13-12(17)14(10(3)4)8-11(15)16/h9-10H,5-8H2,1-4H3,(H,13,17)(H,15,16). The summed E-state index contributed by atoms with van der Waals surface area (Å²) in [6, 6.07) is -0.414. The van der Waals surface area contributed by atoms with Crippen molar-refractivity contribution in [2.24, 2.45) is 5.92 Å². The van der Waals surface area contributed by atoms with Gasteiger partial charge in [0.15, 0.2) is 0 Å². The van der Waals surface area contributed by atoms with Gasteiger partial charge < -0.3 is 15.3 Å². The van der Waals surface area contributed by atoms with E-state index in [0.717, 1.165) is 12.8 Å². The van der Waals surface area contributed by atoms with Gasteiger partial charge >= 0.3 is 12.0 Å². The van der Waals surface area contributed by atoms with Crippen molar-refractivity contribution in [1.29, 1.82) is 0 Å². The van der Waals surface area contributed by atoms with Crippen molar-refractivity contribution in [2.75, 3.05) is 13.1 Å². The minimum atomic E-state index is -0.990. The predicted octanol–water partition coefficient (Wildman–Crippen LogP) is 1.93. The molecule has 0 aromatic rings. The molecular formula is C12H24N2O3. The van der Waals surface area contributed by atoms with E-state index in [1.165, 1.54) is 4.90 Å². The maximum atomic E-state index is 11.7. The van der Waals surface area contributed by atoms with Crippen LogP contribution in [0.3, 0.4) is 0 Å². The third-order valence-electron chi connectivity index (χ3n) is 2.42. The van der Waals surface area contributed by atoms with Crippen molar-refractivity contribution >= 4 is 12.0 Å². The van der Waals surface area contributed by atoms with Crippen LogP contribution in [0.2, 0.25) is 0 Å². The Morgan fingerprint density at radius 1 is 1.24 bits per heavy atom. The topological polar surface area (TPSA) is 69.6 Å². The van der Waals surface area contributed by atoms with E-state index in [4.69, 9.17) is 5.11 Å². The number of nitrogens with zero attached hydrogens (tertiary/aromatic N) is 1. The molecule has 0 saturated carbocycles. The molecule has 5 nitrogen and oxygen atoms in total. The van der Waals surface area contributed by atoms with Crippen molar-refractivity contribution in [2.45, 2.75) is 46.6 Å². The summed E-state index contributed by atoms with van der Waals surface area (Å²) in [6.07, 6.45) is 1.98. The molecule has 2 N–H and O–H groups in total. The normalized spacial score (nSPS) is 10.7. The summed E-state index contributed by atoms with van der Waals surface area (Å²) in [7, 11) is 0. The fraction of sp³-hybridized carbons (Fsp3) is 0.833. The van der Waals surface area contributed by atoms with Crippen molar-refractivity contribution in [3.63, 3.8) is 0 Å². The maximum absolute atomic E-state index is 11.7. The monoisotopic (exact) mass is 244 g/mol. The first-order chi connectivity index (χ1) is 7.84. The summed E-state index contributed by atoms with van der Waals surface area (Å²) in [5.41, 5.74) is 0. The molecule has 0 aromatic carbocycles. The average molecular weight is 244 g/mol. The molecule has 0 saturated heterocycles.